The van der Waals surface area contributed by atoms with Gasteiger partial charge in [0.2, 0.25) is 0 Å². The van der Waals surface area contributed by atoms with Gasteiger partial charge in [0.1, 0.15) is 0 Å². The summed E-state index contributed by atoms with van der Waals surface area (Å²) >= 11 is 0. The zero-order valence-electron chi connectivity index (χ0n) is 12.8. The molecule has 23 heavy (non-hydrogen) atoms. The summed E-state index contributed by atoms with van der Waals surface area (Å²) in [6, 6.07) is 19.6. The molecular weight excluding hydrogens is 286 g/mol. The minimum absolute atomic E-state index is 0.244. The van der Waals surface area contributed by atoms with Crippen LogP contribution < -0.4 is 5.43 Å². The van der Waals surface area contributed by atoms with Crippen molar-refractivity contribution in [2.24, 2.45) is 5.10 Å². The lowest BCUT2D eigenvalue weighted by atomic mass is 10.1. The SMILES string of the molecule is Cc1ccc(/C=N/NC(=O)c2c[nH]c(-c3ccccc3)c2)cc1. The predicted octanol–water partition coefficient (Wildman–Crippen LogP) is 3.75. The standard InChI is InChI=1S/C19H17N3O/c1-14-7-9-15(10-8-14)12-21-22-19(23)17-11-18(20-13-17)16-5-3-2-4-6-16/h2-13,20H,1H3,(H,22,23)/b21-12+. The number of aryl methyl sites for hydroxylation is 1. The molecule has 4 heteroatoms. The average Bonchev–Trinajstić information content (AvgIpc) is 3.07. The first-order valence-corrected chi connectivity index (χ1v) is 7.36. The molecule has 2 aromatic carbocycles. The third-order valence-electron chi connectivity index (χ3n) is 3.49. The Morgan fingerprint density at radius 1 is 1.09 bits per heavy atom. The molecule has 1 aromatic heterocycles. The van der Waals surface area contributed by atoms with E-state index in [1.54, 1.807) is 12.4 Å². The molecule has 3 rings (SSSR count). The summed E-state index contributed by atoms with van der Waals surface area (Å²) in [5.74, 6) is -0.244. The molecule has 0 fully saturated rings. The molecule has 3 aromatic rings. The van der Waals surface area contributed by atoms with E-state index in [1.807, 2.05) is 67.6 Å². The van der Waals surface area contributed by atoms with E-state index in [4.69, 9.17) is 0 Å². The number of hydrogen-bond donors (Lipinski definition) is 2. The van der Waals surface area contributed by atoms with Gasteiger partial charge < -0.3 is 4.98 Å². The van der Waals surface area contributed by atoms with Gasteiger partial charge in [-0.15, -0.1) is 0 Å². The van der Waals surface area contributed by atoms with Gasteiger partial charge in [-0.1, -0.05) is 60.2 Å². The van der Waals surface area contributed by atoms with Crippen LogP contribution in [0.15, 0.2) is 72.0 Å². The number of H-pyrrole nitrogens is 1. The Hall–Kier alpha value is -3.14. The smallest absolute Gasteiger partial charge is 0.272 e. The lowest BCUT2D eigenvalue weighted by Gasteiger charge is -1.97. The van der Waals surface area contributed by atoms with Crippen molar-refractivity contribution in [3.63, 3.8) is 0 Å². The van der Waals surface area contributed by atoms with Crippen molar-refractivity contribution < 1.29 is 4.79 Å². The zero-order valence-corrected chi connectivity index (χ0v) is 12.8. The Labute approximate surface area is 134 Å². The summed E-state index contributed by atoms with van der Waals surface area (Å²) in [5.41, 5.74) is 7.15. The Morgan fingerprint density at radius 3 is 2.57 bits per heavy atom. The molecular formula is C19H17N3O. The van der Waals surface area contributed by atoms with Gasteiger partial charge in [-0.2, -0.15) is 5.10 Å². The van der Waals surface area contributed by atoms with Gasteiger partial charge in [-0.05, 0) is 24.1 Å². The Bertz CT molecular complexity index is 817. The molecule has 0 spiro atoms. The van der Waals surface area contributed by atoms with Gasteiger partial charge in [0.15, 0.2) is 0 Å². The van der Waals surface area contributed by atoms with E-state index in [2.05, 4.69) is 15.5 Å². The Morgan fingerprint density at radius 2 is 1.83 bits per heavy atom. The van der Waals surface area contributed by atoms with E-state index in [-0.39, 0.29) is 5.91 Å². The van der Waals surface area contributed by atoms with Crippen LogP contribution in [0.25, 0.3) is 11.3 Å². The third kappa shape index (κ3) is 3.74. The van der Waals surface area contributed by atoms with Crippen LogP contribution in [0.5, 0.6) is 0 Å². The van der Waals surface area contributed by atoms with E-state index in [1.165, 1.54) is 5.56 Å². The minimum Gasteiger partial charge on any atom is -0.360 e. The number of amides is 1. The van der Waals surface area contributed by atoms with Crippen LogP contribution in [-0.4, -0.2) is 17.1 Å². The minimum atomic E-state index is -0.244. The molecule has 1 amide bonds. The van der Waals surface area contributed by atoms with Crippen LogP contribution in [0, 0.1) is 6.92 Å². The highest BCUT2D eigenvalue weighted by Gasteiger charge is 2.08. The van der Waals surface area contributed by atoms with Gasteiger partial charge in [0.25, 0.3) is 5.91 Å². The van der Waals surface area contributed by atoms with Crippen LogP contribution in [0.4, 0.5) is 0 Å². The molecule has 1 heterocycles. The highest BCUT2D eigenvalue weighted by atomic mass is 16.2. The summed E-state index contributed by atoms with van der Waals surface area (Å²) in [4.78, 5) is 15.2. The monoisotopic (exact) mass is 303 g/mol. The van der Waals surface area contributed by atoms with Crippen molar-refractivity contribution in [3.8, 4) is 11.3 Å². The fourth-order valence-corrected chi connectivity index (χ4v) is 2.19. The van der Waals surface area contributed by atoms with Crippen LogP contribution >= 0.6 is 0 Å². The molecule has 0 atom stereocenters. The number of carbonyl (C=O) groups is 1. The zero-order chi connectivity index (χ0) is 16.1. The summed E-state index contributed by atoms with van der Waals surface area (Å²) in [7, 11) is 0. The van der Waals surface area contributed by atoms with E-state index in [0.29, 0.717) is 5.56 Å². The number of aromatic nitrogens is 1. The third-order valence-corrected chi connectivity index (χ3v) is 3.49. The van der Waals surface area contributed by atoms with Gasteiger partial charge in [-0.3, -0.25) is 4.79 Å². The number of rotatable bonds is 4. The summed E-state index contributed by atoms with van der Waals surface area (Å²) in [6.45, 7) is 2.03. The summed E-state index contributed by atoms with van der Waals surface area (Å²) in [5, 5.41) is 3.99. The summed E-state index contributed by atoms with van der Waals surface area (Å²) < 4.78 is 0. The molecule has 0 aliphatic carbocycles. The molecule has 0 saturated heterocycles. The second-order valence-electron chi connectivity index (χ2n) is 5.28. The van der Waals surface area contributed by atoms with Gasteiger partial charge in [0, 0.05) is 11.9 Å². The van der Waals surface area contributed by atoms with E-state index in [0.717, 1.165) is 16.8 Å². The van der Waals surface area contributed by atoms with Crippen LogP contribution in [0.3, 0.4) is 0 Å². The Kier molecular flexibility index (Phi) is 4.34. The van der Waals surface area contributed by atoms with Crippen LogP contribution in [-0.2, 0) is 0 Å². The molecule has 4 nitrogen and oxygen atoms in total. The van der Waals surface area contributed by atoms with E-state index >= 15 is 0 Å². The largest absolute Gasteiger partial charge is 0.360 e. The second kappa shape index (κ2) is 6.75. The number of carbonyl (C=O) groups excluding carboxylic acids is 1. The van der Waals surface area contributed by atoms with Gasteiger partial charge in [-0.25, -0.2) is 5.43 Å². The second-order valence-corrected chi connectivity index (χ2v) is 5.28. The lowest BCUT2D eigenvalue weighted by Crippen LogP contribution is -2.16. The molecule has 0 bridgehead atoms. The molecule has 0 unspecified atom stereocenters. The molecule has 0 aliphatic rings. The van der Waals surface area contributed by atoms with E-state index in [9.17, 15) is 4.79 Å². The van der Waals surface area contributed by atoms with Gasteiger partial charge >= 0.3 is 0 Å². The number of benzene rings is 2. The molecule has 114 valence electrons. The molecule has 0 aliphatic heterocycles. The number of aromatic amines is 1. The first kappa shape index (κ1) is 14.8. The van der Waals surface area contributed by atoms with Crippen molar-refractivity contribution >= 4 is 12.1 Å². The molecule has 2 N–H and O–H groups in total. The predicted molar refractivity (Wildman–Crippen MR) is 92.5 cm³/mol. The number of nitrogens with one attached hydrogen (secondary N) is 2. The molecule has 0 radical (unpaired) electrons. The topological polar surface area (TPSA) is 57.2 Å². The van der Waals surface area contributed by atoms with Crippen molar-refractivity contribution in [3.05, 3.63) is 83.6 Å². The highest BCUT2D eigenvalue weighted by Crippen LogP contribution is 2.18. The highest BCUT2D eigenvalue weighted by molar-refractivity contribution is 5.95. The van der Waals surface area contributed by atoms with Crippen molar-refractivity contribution in [1.82, 2.24) is 10.4 Å². The summed E-state index contributed by atoms with van der Waals surface area (Å²) in [6.07, 6.45) is 3.31. The normalized spacial score (nSPS) is 10.8. The quantitative estimate of drug-likeness (QED) is 0.559. The maximum Gasteiger partial charge on any atom is 0.272 e. The number of nitrogens with zero attached hydrogens (tertiary/aromatic N) is 1. The van der Waals surface area contributed by atoms with E-state index < -0.39 is 0 Å². The fourth-order valence-electron chi connectivity index (χ4n) is 2.19. The first-order valence-electron chi connectivity index (χ1n) is 7.36. The number of hydrogen-bond acceptors (Lipinski definition) is 2. The van der Waals surface area contributed by atoms with Crippen LogP contribution in [0.1, 0.15) is 21.5 Å². The average molecular weight is 303 g/mol. The fraction of sp³-hybridized carbons (Fsp3) is 0.0526. The van der Waals surface area contributed by atoms with Crippen molar-refractivity contribution in [1.29, 1.82) is 0 Å². The van der Waals surface area contributed by atoms with Crippen molar-refractivity contribution in [2.45, 2.75) is 6.92 Å². The first-order chi connectivity index (χ1) is 11.2. The lowest BCUT2D eigenvalue weighted by molar-refractivity contribution is 0.0955. The molecule has 0 saturated carbocycles. The Balaban J connectivity index is 1.65. The maximum atomic E-state index is 12.1. The number of hydrazone groups is 1. The van der Waals surface area contributed by atoms with Gasteiger partial charge in [0.05, 0.1) is 11.8 Å². The maximum absolute atomic E-state index is 12.1. The van der Waals surface area contributed by atoms with Crippen molar-refractivity contribution in [2.75, 3.05) is 0 Å². The van der Waals surface area contributed by atoms with Crippen LogP contribution in [0.2, 0.25) is 0 Å².